The molecule has 0 N–H and O–H groups in total. The van der Waals surface area contributed by atoms with Crippen LogP contribution in [0.2, 0.25) is 10.0 Å². The van der Waals surface area contributed by atoms with Crippen molar-refractivity contribution in [2.75, 3.05) is 0 Å². The summed E-state index contributed by atoms with van der Waals surface area (Å²) < 4.78 is 9.36. The normalized spacial score (nSPS) is 11.7. The van der Waals surface area contributed by atoms with E-state index in [0.29, 0.717) is 21.2 Å². The zero-order valence-corrected chi connectivity index (χ0v) is 16.7. The Labute approximate surface area is 152 Å². The highest BCUT2D eigenvalue weighted by Gasteiger charge is 2.21. The lowest BCUT2D eigenvalue weighted by Gasteiger charge is -2.04. The van der Waals surface area contributed by atoms with Crippen LogP contribution in [-0.2, 0) is 0 Å². The molecular weight excluding hydrogens is 551 g/mol. The minimum atomic E-state index is 0.418. The van der Waals surface area contributed by atoms with E-state index in [1.165, 1.54) is 0 Å². The summed E-state index contributed by atoms with van der Waals surface area (Å²) in [7, 11) is 0. The topological polar surface area (TPSA) is 13.1 Å². The van der Waals surface area contributed by atoms with Crippen molar-refractivity contribution >= 4 is 109 Å². The van der Waals surface area contributed by atoms with Gasteiger partial charge in [0.1, 0.15) is 5.02 Å². The molecule has 7 heteroatoms. The first kappa shape index (κ1) is 14.7. The van der Waals surface area contributed by atoms with Crippen LogP contribution in [0.5, 0.6) is 0 Å². The number of benzene rings is 2. The van der Waals surface area contributed by atoms with Gasteiger partial charge in [-0.3, -0.25) is 0 Å². The van der Waals surface area contributed by atoms with E-state index >= 15 is 0 Å². The van der Waals surface area contributed by atoms with Crippen LogP contribution in [0.3, 0.4) is 0 Å². The second-order valence-corrected chi connectivity index (χ2v) is 7.76. The monoisotopic (exact) mass is 548 g/mol. The van der Waals surface area contributed by atoms with Gasteiger partial charge in [0, 0.05) is 19.7 Å². The Bertz CT molecular complexity index is 841. The average Bonchev–Trinajstić information content (AvgIpc) is 2.78. The fourth-order valence-electron chi connectivity index (χ4n) is 1.88. The fraction of sp³-hybridized carbons (Fsp3) is 0. The van der Waals surface area contributed by atoms with E-state index in [1.807, 2.05) is 6.07 Å². The van der Waals surface area contributed by atoms with E-state index < -0.39 is 0 Å². The Balaban J connectivity index is 2.66. The van der Waals surface area contributed by atoms with Crippen LogP contribution in [-0.4, -0.2) is 0 Å². The highest BCUT2D eigenvalue weighted by Crippen LogP contribution is 2.48. The molecule has 1 heterocycles. The molecule has 0 bridgehead atoms. The summed E-state index contributed by atoms with van der Waals surface area (Å²) >= 11 is 26.3. The number of fused-ring (bicyclic) bond motifs is 3. The van der Waals surface area contributed by atoms with Gasteiger partial charge in [-0.15, -0.1) is 0 Å². The minimum Gasteiger partial charge on any atom is -0.453 e. The Morgan fingerprint density at radius 2 is 1.42 bits per heavy atom. The van der Waals surface area contributed by atoms with Gasteiger partial charge in [0.05, 0.1) is 14.0 Å². The summed E-state index contributed by atoms with van der Waals surface area (Å²) in [6, 6.07) is 3.66. The molecule has 0 fully saturated rings. The maximum atomic E-state index is 6.20. The van der Waals surface area contributed by atoms with Crippen LogP contribution >= 0.6 is 86.9 Å². The van der Waals surface area contributed by atoms with Gasteiger partial charge in [-0.2, -0.15) is 0 Å². The van der Waals surface area contributed by atoms with Crippen LogP contribution in [0, 0.1) is 0 Å². The van der Waals surface area contributed by atoms with Gasteiger partial charge in [0.25, 0.3) is 0 Å². The van der Waals surface area contributed by atoms with Crippen LogP contribution in [0.1, 0.15) is 0 Å². The second-order valence-electron chi connectivity index (χ2n) is 3.80. The molecule has 0 radical (unpaired) electrons. The quantitative estimate of drug-likeness (QED) is 0.204. The number of furan rings is 1. The first-order valence-corrected chi connectivity index (χ1v) is 8.88. The van der Waals surface area contributed by atoms with E-state index in [2.05, 4.69) is 63.7 Å². The van der Waals surface area contributed by atoms with Crippen molar-refractivity contribution in [3.63, 3.8) is 0 Å². The van der Waals surface area contributed by atoms with Crippen LogP contribution in [0.15, 0.2) is 34.4 Å². The molecule has 0 aliphatic carbocycles. The van der Waals surface area contributed by atoms with E-state index in [1.54, 1.807) is 6.07 Å². The summed E-state index contributed by atoms with van der Waals surface area (Å²) in [6.07, 6.45) is 0. The highest BCUT2D eigenvalue weighted by atomic mass is 79.9. The zero-order valence-electron chi connectivity index (χ0n) is 8.83. The van der Waals surface area contributed by atoms with Gasteiger partial charge in [-0.25, -0.2) is 0 Å². The smallest absolute Gasteiger partial charge is 0.155 e. The first-order valence-electron chi connectivity index (χ1n) is 4.95. The third-order valence-corrected chi connectivity index (χ3v) is 8.27. The molecule has 1 nitrogen and oxygen atoms in total. The molecule has 1 aromatic heterocycles. The lowest BCUT2D eigenvalue weighted by atomic mass is 10.1. The number of halogens is 6. The molecule has 0 spiro atoms. The molecule has 0 saturated heterocycles. The summed E-state index contributed by atoms with van der Waals surface area (Å²) in [6.45, 7) is 0. The standard InChI is InChI=1S/C12H2Br4Cl2O/c13-6-5-3-1-2-4(17)10(18)11(3)19-12(5)9(16)8(15)7(6)14/h1-2H. The highest BCUT2D eigenvalue weighted by molar-refractivity contribution is 9.15. The van der Waals surface area contributed by atoms with Crippen molar-refractivity contribution in [2.45, 2.75) is 0 Å². The fourth-order valence-corrected chi connectivity index (χ4v) is 4.61. The Morgan fingerprint density at radius 1 is 0.789 bits per heavy atom. The first-order chi connectivity index (χ1) is 8.93. The summed E-state index contributed by atoms with van der Waals surface area (Å²) in [5.41, 5.74) is 1.29. The average molecular weight is 553 g/mol. The van der Waals surface area contributed by atoms with E-state index in [0.717, 1.165) is 28.7 Å². The molecule has 0 saturated carbocycles. The molecule has 0 aliphatic heterocycles. The van der Waals surface area contributed by atoms with Crippen molar-refractivity contribution in [2.24, 2.45) is 0 Å². The SMILES string of the molecule is Clc1ccc2c(oc3c(Br)c(Br)c(Br)c(Br)c32)c1Cl. The summed E-state index contributed by atoms with van der Waals surface area (Å²) in [5.74, 6) is 0. The Kier molecular flexibility index (Phi) is 4.00. The van der Waals surface area contributed by atoms with Crippen molar-refractivity contribution in [3.05, 3.63) is 40.1 Å². The molecule has 2 aromatic carbocycles. The van der Waals surface area contributed by atoms with E-state index in [-0.39, 0.29) is 0 Å². The Hall–Kier alpha value is 0.740. The lowest BCUT2D eigenvalue weighted by Crippen LogP contribution is -1.79. The van der Waals surface area contributed by atoms with Crippen molar-refractivity contribution < 1.29 is 4.42 Å². The maximum Gasteiger partial charge on any atom is 0.155 e. The van der Waals surface area contributed by atoms with Gasteiger partial charge in [-0.1, -0.05) is 23.2 Å². The molecule has 98 valence electrons. The molecule has 19 heavy (non-hydrogen) atoms. The zero-order chi connectivity index (χ0) is 13.9. The Morgan fingerprint density at radius 3 is 2.11 bits per heavy atom. The van der Waals surface area contributed by atoms with Gasteiger partial charge < -0.3 is 4.42 Å². The third kappa shape index (κ3) is 2.12. The minimum absolute atomic E-state index is 0.418. The van der Waals surface area contributed by atoms with Crippen molar-refractivity contribution in [1.82, 2.24) is 0 Å². The van der Waals surface area contributed by atoms with Gasteiger partial charge in [-0.05, 0) is 75.9 Å². The molecule has 0 amide bonds. The number of hydrogen-bond donors (Lipinski definition) is 0. The third-order valence-electron chi connectivity index (χ3n) is 2.75. The van der Waals surface area contributed by atoms with Gasteiger partial charge in [0.15, 0.2) is 11.2 Å². The predicted octanol–water partition coefficient (Wildman–Crippen LogP) is 7.94. The molecule has 0 unspecified atom stereocenters. The van der Waals surface area contributed by atoms with Gasteiger partial charge >= 0.3 is 0 Å². The van der Waals surface area contributed by atoms with Gasteiger partial charge in [0.2, 0.25) is 0 Å². The molecule has 3 rings (SSSR count). The van der Waals surface area contributed by atoms with Crippen LogP contribution in [0.4, 0.5) is 0 Å². The predicted molar refractivity (Wildman–Crippen MR) is 94.5 cm³/mol. The van der Waals surface area contributed by atoms with Crippen LogP contribution in [0.25, 0.3) is 21.9 Å². The van der Waals surface area contributed by atoms with Crippen LogP contribution < -0.4 is 0 Å². The number of rotatable bonds is 0. The molecule has 0 aliphatic rings. The summed E-state index contributed by atoms with van der Waals surface area (Å²) in [4.78, 5) is 0. The second kappa shape index (κ2) is 5.18. The molecule has 0 atom stereocenters. The molecule has 3 aromatic rings. The van der Waals surface area contributed by atoms with E-state index in [4.69, 9.17) is 27.6 Å². The molecular formula is C12H2Br4Cl2O. The van der Waals surface area contributed by atoms with E-state index in [9.17, 15) is 0 Å². The number of hydrogen-bond acceptors (Lipinski definition) is 1. The van der Waals surface area contributed by atoms with Crippen molar-refractivity contribution in [3.8, 4) is 0 Å². The lowest BCUT2D eigenvalue weighted by molar-refractivity contribution is 0.666. The maximum absolute atomic E-state index is 6.20. The largest absolute Gasteiger partial charge is 0.453 e. The summed E-state index contributed by atoms with van der Waals surface area (Å²) in [5, 5.41) is 2.74. The van der Waals surface area contributed by atoms with Crippen molar-refractivity contribution in [1.29, 1.82) is 0 Å².